The first-order valence-corrected chi connectivity index (χ1v) is 8.65. The summed E-state index contributed by atoms with van der Waals surface area (Å²) in [5.41, 5.74) is 7.26. The Morgan fingerprint density at radius 1 is 1.04 bits per heavy atom. The second kappa shape index (κ2) is 8.28. The van der Waals surface area contributed by atoms with Gasteiger partial charge in [-0.25, -0.2) is 0 Å². The van der Waals surface area contributed by atoms with Gasteiger partial charge in [-0.1, -0.05) is 42.3 Å². The Hall–Kier alpha value is -1.46. The van der Waals surface area contributed by atoms with Crippen LogP contribution in [0.5, 0.6) is 11.5 Å². The van der Waals surface area contributed by atoms with E-state index in [4.69, 9.17) is 38.4 Å². The first-order chi connectivity index (χ1) is 11.8. The molecule has 0 saturated heterocycles. The van der Waals surface area contributed by atoms with Crippen LogP contribution in [0.15, 0.2) is 36.4 Å². The SMILES string of the molecule is COc1ccc(CC(C)(C[C@H](N)O)c2ccc(Cl)c(Cl)c2)cc1OC. The molecule has 2 aromatic carbocycles. The average molecular weight is 384 g/mol. The molecule has 0 radical (unpaired) electrons. The molecule has 0 amide bonds. The maximum atomic E-state index is 9.81. The molecule has 0 saturated carbocycles. The maximum absolute atomic E-state index is 9.81. The molecule has 0 aliphatic rings. The van der Waals surface area contributed by atoms with E-state index in [1.807, 2.05) is 37.3 Å². The normalized spacial score (nSPS) is 14.7. The molecule has 0 aromatic heterocycles. The molecule has 4 nitrogen and oxygen atoms in total. The lowest BCUT2D eigenvalue weighted by molar-refractivity contribution is 0.140. The average Bonchev–Trinajstić information content (AvgIpc) is 2.56. The molecular formula is C19H23Cl2NO3. The summed E-state index contributed by atoms with van der Waals surface area (Å²) >= 11 is 12.2. The summed E-state index contributed by atoms with van der Waals surface area (Å²) in [6, 6.07) is 11.3. The highest BCUT2D eigenvalue weighted by molar-refractivity contribution is 6.42. The molecule has 136 valence electrons. The van der Waals surface area contributed by atoms with E-state index in [-0.39, 0.29) is 0 Å². The summed E-state index contributed by atoms with van der Waals surface area (Å²) in [7, 11) is 3.20. The van der Waals surface area contributed by atoms with Crippen LogP contribution in [0.4, 0.5) is 0 Å². The minimum Gasteiger partial charge on any atom is -0.493 e. The summed E-state index contributed by atoms with van der Waals surface area (Å²) in [6.45, 7) is 2.04. The van der Waals surface area contributed by atoms with E-state index >= 15 is 0 Å². The molecule has 0 fully saturated rings. The van der Waals surface area contributed by atoms with E-state index in [9.17, 15) is 5.11 Å². The first-order valence-electron chi connectivity index (χ1n) is 7.89. The largest absolute Gasteiger partial charge is 0.493 e. The monoisotopic (exact) mass is 383 g/mol. The third-order valence-corrected chi connectivity index (χ3v) is 5.06. The lowest BCUT2D eigenvalue weighted by atomic mass is 9.74. The standard InChI is InChI=1S/C19H23Cl2NO3/c1-19(11-18(22)23,13-5-6-14(20)15(21)9-13)10-12-4-7-16(24-2)17(8-12)25-3/h4-9,18,23H,10-11,22H2,1-3H3/t18-,19?/m1/s1. The van der Waals surface area contributed by atoms with E-state index in [2.05, 4.69) is 0 Å². The van der Waals surface area contributed by atoms with Crippen molar-refractivity contribution in [1.29, 1.82) is 0 Å². The van der Waals surface area contributed by atoms with Gasteiger partial charge in [0.15, 0.2) is 11.5 Å². The van der Waals surface area contributed by atoms with Crippen molar-refractivity contribution in [1.82, 2.24) is 0 Å². The van der Waals surface area contributed by atoms with Crippen molar-refractivity contribution in [3.8, 4) is 11.5 Å². The van der Waals surface area contributed by atoms with Gasteiger partial charge in [0.1, 0.15) is 6.23 Å². The fraction of sp³-hybridized carbons (Fsp3) is 0.368. The van der Waals surface area contributed by atoms with Gasteiger partial charge in [0.25, 0.3) is 0 Å². The van der Waals surface area contributed by atoms with E-state index < -0.39 is 11.6 Å². The third-order valence-electron chi connectivity index (χ3n) is 4.32. The van der Waals surface area contributed by atoms with Crippen molar-refractivity contribution in [2.24, 2.45) is 5.73 Å². The van der Waals surface area contributed by atoms with Crippen molar-refractivity contribution in [2.75, 3.05) is 14.2 Å². The number of methoxy groups -OCH3 is 2. The van der Waals surface area contributed by atoms with Crippen LogP contribution in [0, 0.1) is 0 Å². The van der Waals surface area contributed by atoms with Crippen LogP contribution in [-0.4, -0.2) is 25.6 Å². The van der Waals surface area contributed by atoms with Gasteiger partial charge in [0.05, 0.1) is 24.3 Å². The van der Waals surface area contributed by atoms with E-state index in [0.717, 1.165) is 11.1 Å². The van der Waals surface area contributed by atoms with Crippen molar-refractivity contribution in [3.63, 3.8) is 0 Å². The number of halogens is 2. The molecule has 25 heavy (non-hydrogen) atoms. The van der Waals surface area contributed by atoms with Gasteiger partial charge in [-0.15, -0.1) is 0 Å². The summed E-state index contributed by atoms with van der Waals surface area (Å²) in [5, 5.41) is 10.8. The fourth-order valence-electron chi connectivity index (χ4n) is 3.07. The number of hydrogen-bond donors (Lipinski definition) is 2. The van der Waals surface area contributed by atoms with Crippen LogP contribution in [0.3, 0.4) is 0 Å². The Morgan fingerprint density at radius 3 is 2.28 bits per heavy atom. The van der Waals surface area contributed by atoms with Gasteiger partial charge in [0, 0.05) is 5.41 Å². The van der Waals surface area contributed by atoms with Crippen LogP contribution < -0.4 is 15.2 Å². The van der Waals surface area contributed by atoms with Crippen LogP contribution in [0.2, 0.25) is 10.0 Å². The minimum absolute atomic E-state index is 0.374. The minimum atomic E-state index is -0.945. The molecule has 2 atom stereocenters. The highest BCUT2D eigenvalue weighted by atomic mass is 35.5. The number of aliphatic hydroxyl groups is 1. The quantitative estimate of drug-likeness (QED) is 0.703. The zero-order valence-corrected chi connectivity index (χ0v) is 16.1. The maximum Gasteiger partial charge on any atom is 0.160 e. The molecule has 2 aromatic rings. The van der Waals surface area contributed by atoms with Gasteiger partial charge in [-0.2, -0.15) is 0 Å². The van der Waals surface area contributed by atoms with Crippen LogP contribution in [-0.2, 0) is 11.8 Å². The zero-order chi connectivity index (χ0) is 18.6. The Balaban J connectivity index is 2.42. The second-order valence-electron chi connectivity index (χ2n) is 6.33. The zero-order valence-electron chi connectivity index (χ0n) is 14.6. The Morgan fingerprint density at radius 2 is 1.72 bits per heavy atom. The molecule has 6 heteroatoms. The van der Waals surface area contributed by atoms with Crippen molar-refractivity contribution in [3.05, 3.63) is 57.6 Å². The lowest BCUT2D eigenvalue weighted by Crippen LogP contribution is -2.34. The van der Waals surface area contributed by atoms with E-state index in [1.165, 1.54) is 0 Å². The van der Waals surface area contributed by atoms with Gasteiger partial charge < -0.3 is 20.3 Å². The van der Waals surface area contributed by atoms with Gasteiger partial charge in [-0.05, 0) is 48.2 Å². The van der Waals surface area contributed by atoms with Crippen molar-refractivity contribution >= 4 is 23.2 Å². The van der Waals surface area contributed by atoms with Crippen LogP contribution in [0.25, 0.3) is 0 Å². The molecular weight excluding hydrogens is 361 g/mol. The third kappa shape index (κ3) is 4.79. The first kappa shape index (κ1) is 19.9. The van der Waals surface area contributed by atoms with E-state index in [1.54, 1.807) is 20.3 Å². The Kier molecular flexibility index (Phi) is 6.58. The number of aliphatic hydroxyl groups excluding tert-OH is 1. The Labute approximate surface area is 158 Å². The fourth-order valence-corrected chi connectivity index (χ4v) is 3.36. The number of rotatable bonds is 7. The summed E-state index contributed by atoms with van der Waals surface area (Å²) in [5.74, 6) is 1.33. The van der Waals surface area contributed by atoms with Gasteiger partial charge in [0.2, 0.25) is 0 Å². The molecule has 0 spiro atoms. The van der Waals surface area contributed by atoms with Crippen molar-refractivity contribution in [2.45, 2.75) is 31.4 Å². The van der Waals surface area contributed by atoms with Crippen LogP contribution >= 0.6 is 23.2 Å². The van der Waals surface area contributed by atoms with Gasteiger partial charge in [-0.3, -0.25) is 0 Å². The lowest BCUT2D eigenvalue weighted by Gasteiger charge is -2.32. The number of ether oxygens (including phenoxy) is 2. The van der Waals surface area contributed by atoms with Crippen molar-refractivity contribution < 1.29 is 14.6 Å². The molecule has 1 unspecified atom stereocenters. The topological polar surface area (TPSA) is 64.7 Å². The van der Waals surface area contributed by atoms with Crippen LogP contribution in [0.1, 0.15) is 24.5 Å². The number of benzene rings is 2. The predicted octanol–water partition coefficient (Wildman–Crippen LogP) is 4.18. The van der Waals surface area contributed by atoms with Gasteiger partial charge >= 0.3 is 0 Å². The molecule has 0 aliphatic heterocycles. The molecule has 3 N–H and O–H groups in total. The smallest absolute Gasteiger partial charge is 0.160 e. The van der Waals surface area contributed by atoms with E-state index in [0.29, 0.717) is 34.4 Å². The highest BCUT2D eigenvalue weighted by Crippen LogP contribution is 2.37. The summed E-state index contributed by atoms with van der Waals surface area (Å²) in [6.07, 6.45) is 0.0680. The summed E-state index contributed by atoms with van der Waals surface area (Å²) < 4.78 is 10.7. The molecule has 0 heterocycles. The number of hydrogen-bond acceptors (Lipinski definition) is 4. The summed E-state index contributed by atoms with van der Waals surface area (Å²) in [4.78, 5) is 0. The second-order valence-corrected chi connectivity index (χ2v) is 7.14. The molecule has 0 bridgehead atoms. The Bertz CT molecular complexity index is 737. The number of nitrogens with two attached hydrogens (primary N) is 1. The molecule has 2 rings (SSSR count). The predicted molar refractivity (Wildman–Crippen MR) is 102 cm³/mol. The molecule has 0 aliphatic carbocycles. The highest BCUT2D eigenvalue weighted by Gasteiger charge is 2.30.